The maximum absolute atomic E-state index is 10.2. The highest BCUT2D eigenvalue weighted by Gasteiger charge is 1.93. The highest BCUT2D eigenvalue weighted by atomic mass is 32.2. The third-order valence-corrected chi connectivity index (χ3v) is 3.23. The van der Waals surface area contributed by atoms with Crippen LogP contribution in [0.15, 0.2) is 41.8 Å². The number of hydrogen-bond donors (Lipinski definition) is 1. The van der Waals surface area contributed by atoms with Gasteiger partial charge < -0.3 is 5.11 Å². The minimum Gasteiger partial charge on any atom is -0.478 e. The molecule has 0 saturated heterocycles. The monoisotopic (exact) mass is 250 g/mol. The van der Waals surface area contributed by atoms with Gasteiger partial charge in [-0.3, -0.25) is 0 Å². The van der Waals surface area contributed by atoms with Gasteiger partial charge in [0.15, 0.2) is 0 Å². The molecular weight excluding hydrogens is 232 g/mol. The van der Waals surface area contributed by atoms with E-state index in [4.69, 9.17) is 5.11 Å². The lowest BCUT2D eigenvalue weighted by molar-refractivity contribution is -0.131. The summed E-state index contributed by atoms with van der Waals surface area (Å²) >= 11 is 1.57. The summed E-state index contributed by atoms with van der Waals surface area (Å²) in [5.41, 5.74) is 1.39. The second-order valence-corrected chi connectivity index (χ2v) is 4.82. The summed E-state index contributed by atoms with van der Waals surface area (Å²) in [7, 11) is 0. The van der Waals surface area contributed by atoms with Crippen molar-refractivity contribution in [2.75, 3.05) is 5.75 Å². The molecule has 0 heterocycles. The summed E-state index contributed by atoms with van der Waals surface area (Å²) in [4.78, 5) is 10.2. The lowest BCUT2D eigenvalue weighted by Crippen LogP contribution is -1.87. The van der Waals surface area contributed by atoms with Gasteiger partial charge in [-0.2, -0.15) is 0 Å². The van der Waals surface area contributed by atoms with Crippen molar-refractivity contribution in [2.45, 2.75) is 25.7 Å². The molecule has 0 atom stereocenters. The van der Waals surface area contributed by atoms with Crippen molar-refractivity contribution in [2.24, 2.45) is 0 Å². The molecule has 0 spiro atoms. The molecule has 0 radical (unpaired) electrons. The van der Waals surface area contributed by atoms with Crippen molar-refractivity contribution < 1.29 is 9.90 Å². The van der Waals surface area contributed by atoms with Gasteiger partial charge in [0.1, 0.15) is 0 Å². The minimum absolute atomic E-state index is 0.874. The first-order valence-corrected chi connectivity index (χ1v) is 6.89. The van der Waals surface area contributed by atoms with Crippen LogP contribution in [-0.2, 0) is 11.2 Å². The van der Waals surface area contributed by atoms with Gasteiger partial charge in [-0.1, -0.05) is 36.8 Å². The molecule has 0 bridgehead atoms. The molecule has 17 heavy (non-hydrogen) atoms. The van der Waals surface area contributed by atoms with Gasteiger partial charge in [0.2, 0.25) is 0 Å². The van der Waals surface area contributed by atoms with Crippen LogP contribution in [0.4, 0.5) is 0 Å². The molecule has 0 fully saturated rings. The van der Waals surface area contributed by atoms with E-state index in [1.807, 2.05) is 6.07 Å². The molecule has 2 nitrogen and oxygen atoms in total. The summed E-state index contributed by atoms with van der Waals surface area (Å²) < 4.78 is 0. The molecule has 0 aliphatic heterocycles. The number of hydrogen-bond acceptors (Lipinski definition) is 2. The van der Waals surface area contributed by atoms with Crippen LogP contribution in [-0.4, -0.2) is 16.8 Å². The molecule has 0 aliphatic rings. The summed E-state index contributed by atoms with van der Waals surface area (Å²) in [6.07, 6.45) is 5.86. The quantitative estimate of drug-likeness (QED) is 0.564. The van der Waals surface area contributed by atoms with E-state index in [2.05, 4.69) is 24.3 Å². The van der Waals surface area contributed by atoms with E-state index in [1.54, 1.807) is 17.2 Å². The average molecular weight is 250 g/mol. The van der Waals surface area contributed by atoms with Crippen LogP contribution < -0.4 is 0 Å². The van der Waals surface area contributed by atoms with Crippen molar-refractivity contribution in [3.63, 3.8) is 0 Å². The van der Waals surface area contributed by atoms with Crippen molar-refractivity contribution >= 4 is 17.7 Å². The molecule has 92 valence electrons. The highest BCUT2D eigenvalue weighted by Crippen LogP contribution is 2.10. The number of unbranched alkanes of at least 4 members (excludes halogenated alkanes) is 2. The van der Waals surface area contributed by atoms with E-state index in [1.165, 1.54) is 24.5 Å². The van der Waals surface area contributed by atoms with Crippen molar-refractivity contribution in [3.05, 3.63) is 47.4 Å². The second-order valence-electron chi connectivity index (χ2n) is 3.81. The van der Waals surface area contributed by atoms with Crippen LogP contribution in [0.2, 0.25) is 0 Å². The second kappa shape index (κ2) is 8.88. The van der Waals surface area contributed by atoms with Crippen LogP contribution in [0.5, 0.6) is 0 Å². The van der Waals surface area contributed by atoms with Crippen LogP contribution in [0.3, 0.4) is 0 Å². The number of thioether (sulfide) groups is 1. The number of benzene rings is 1. The van der Waals surface area contributed by atoms with E-state index in [-0.39, 0.29) is 0 Å². The average Bonchev–Trinajstić information content (AvgIpc) is 2.33. The first-order chi connectivity index (χ1) is 8.29. The number of rotatable bonds is 8. The van der Waals surface area contributed by atoms with Crippen LogP contribution in [0.25, 0.3) is 0 Å². The maximum atomic E-state index is 10.2. The Balaban J connectivity index is 1.96. The molecule has 0 amide bonds. The molecule has 0 saturated carbocycles. The maximum Gasteiger partial charge on any atom is 0.328 e. The Morgan fingerprint density at radius 2 is 1.94 bits per heavy atom. The van der Waals surface area contributed by atoms with E-state index in [0.29, 0.717) is 0 Å². The highest BCUT2D eigenvalue weighted by molar-refractivity contribution is 8.02. The van der Waals surface area contributed by atoms with E-state index >= 15 is 0 Å². The lowest BCUT2D eigenvalue weighted by atomic mass is 10.1. The van der Waals surface area contributed by atoms with E-state index < -0.39 is 5.97 Å². The molecule has 1 N–H and O–H groups in total. The van der Waals surface area contributed by atoms with Crippen molar-refractivity contribution in [3.8, 4) is 0 Å². The molecule has 1 aromatic rings. The molecule has 0 unspecified atom stereocenters. The number of aliphatic carboxylic acids is 1. The van der Waals surface area contributed by atoms with Gasteiger partial charge >= 0.3 is 5.97 Å². The SMILES string of the molecule is O=C(O)/C=C/SCCCCCc1ccccc1. The number of carboxylic acids is 1. The fraction of sp³-hybridized carbons (Fsp3) is 0.357. The fourth-order valence-electron chi connectivity index (χ4n) is 1.51. The smallest absolute Gasteiger partial charge is 0.328 e. The Bertz CT molecular complexity index is 346. The number of carbonyl (C=O) groups is 1. The Kier molecular flexibility index (Phi) is 7.23. The van der Waals surface area contributed by atoms with Gasteiger partial charge in [0.05, 0.1) is 0 Å². The van der Waals surface area contributed by atoms with E-state index in [9.17, 15) is 4.79 Å². The van der Waals surface area contributed by atoms with Crippen LogP contribution in [0.1, 0.15) is 24.8 Å². The standard InChI is InChI=1S/C14H18O2S/c15-14(16)10-12-17-11-6-2-5-9-13-7-3-1-4-8-13/h1,3-4,7-8,10,12H,2,5-6,9,11H2,(H,15,16)/b12-10+. The zero-order chi connectivity index (χ0) is 12.3. The lowest BCUT2D eigenvalue weighted by Gasteiger charge is -2.00. The Labute approximate surface area is 107 Å². The van der Waals surface area contributed by atoms with E-state index in [0.717, 1.165) is 18.6 Å². The molecule has 3 heteroatoms. The molecule has 0 aromatic heterocycles. The minimum atomic E-state index is -0.874. The van der Waals surface area contributed by atoms with Crippen LogP contribution in [0, 0.1) is 0 Å². The van der Waals surface area contributed by atoms with Gasteiger partial charge in [-0.15, -0.1) is 11.8 Å². The molecular formula is C14H18O2S. The summed E-state index contributed by atoms with van der Waals surface area (Å²) in [6, 6.07) is 10.5. The zero-order valence-corrected chi connectivity index (χ0v) is 10.7. The third kappa shape index (κ3) is 7.64. The number of carboxylic acid groups (broad SMARTS) is 1. The predicted octanol–water partition coefficient (Wildman–Crippen LogP) is 3.73. The summed E-state index contributed by atoms with van der Waals surface area (Å²) in [5, 5.41) is 10.0. The van der Waals surface area contributed by atoms with Crippen LogP contribution >= 0.6 is 11.8 Å². The van der Waals surface area contributed by atoms with Crippen molar-refractivity contribution in [1.82, 2.24) is 0 Å². The van der Waals surface area contributed by atoms with Gasteiger partial charge in [0, 0.05) is 6.08 Å². The van der Waals surface area contributed by atoms with Crippen molar-refractivity contribution in [1.29, 1.82) is 0 Å². The van der Waals surface area contributed by atoms with Gasteiger partial charge in [-0.25, -0.2) is 4.79 Å². The first kappa shape index (κ1) is 13.8. The Morgan fingerprint density at radius 3 is 2.65 bits per heavy atom. The zero-order valence-electron chi connectivity index (χ0n) is 9.84. The molecule has 1 rings (SSSR count). The largest absolute Gasteiger partial charge is 0.478 e. The Hall–Kier alpha value is -1.22. The topological polar surface area (TPSA) is 37.3 Å². The molecule has 0 aliphatic carbocycles. The fourth-order valence-corrected chi connectivity index (χ4v) is 2.23. The first-order valence-electron chi connectivity index (χ1n) is 5.84. The number of aryl methyl sites for hydroxylation is 1. The Morgan fingerprint density at radius 1 is 1.18 bits per heavy atom. The summed E-state index contributed by atoms with van der Waals surface area (Å²) in [5.74, 6) is 0.125. The van der Waals surface area contributed by atoms with Gasteiger partial charge in [-0.05, 0) is 36.0 Å². The third-order valence-electron chi connectivity index (χ3n) is 2.38. The summed E-state index contributed by atoms with van der Waals surface area (Å²) in [6.45, 7) is 0. The predicted molar refractivity (Wildman–Crippen MR) is 73.2 cm³/mol. The molecule has 1 aromatic carbocycles. The normalized spacial score (nSPS) is 10.8. The van der Waals surface area contributed by atoms with Gasteiger partial charge in [0.25, 0.3) is 0 Å².